The average molecular weight is 455 g/mol. The van der Waals surface area contributed by atoms with E-state index in [1.807, 2.05) is 42.8 Å². The fourth-order valence-electron chi connectivity index (χ4n) is 3.44. The molecule has 4 aromatic heterocycles. The molecule has 30 heavy (non-hydrogen) atoms. The van der Waals surface area contributed by atoms with E-state index in [9.17, 15) is 4.79 Å². The minimum atomic E-state index is -0.0595. The number of rotatable bonds is 5. The molecule has 0 aromatic carbocycles. The molecule has 152 valence electrons. The fraction of sp³-hybridized carbons (Fsp3) is 0.250. The summed E-state index contributed by atoms with van der Waals surface area (Å²) in [5.74, 6) is 0.723. The molecular weight excluding hydrogens is 436 g/mol. The van der Waals surface area contributed by atoms with E-state index in [0.29, 0.717) is 10.9 Å². The zero-order valence-corrected chi connectivity index (χ0v) is 18.8. The zero-order valence-electron chi connectivity index (χ0n) is 16.3. The molecule has 5 rings (SSSR count). The molecule has 10 heteroatoms. The Kier molecular flexibility index (Phi) is 5.13. The predicted molar refractivity (Wildman–Crippen MR) is 120 cm³/mol. The maximum atomic E-state index is 13.1. The van der Waals surface area contributed by atoms with Crippen LogP contribution in [0.4, 0.5) is 0 Å². The van der Waals surface area contributed by atoms with Crippen molar-refractivity contribution in [3.63, 3.8) is 0 Å². The lowest BCUT2D eigenvalue weighted by molar-refractivity contribution is -0.130. The molecular formula is C20H18N6OS3. The van der Waals surface area contributed by atoms with Gasteiger partial charge < -0.3 is 0 Å². The van der Waals surface area contributed by atoms with Crippen LogP contribution in [0.15, 0.2) is 51.3 Å². The molecule has 1 atom stereocenters. The van der Waals surface area contributed by atoms with Crippen LogP contribution in [0.1, 0.15) is 33.6 Å². The van der Waals surface area contributed by atoms with Crippen LogP contribution in [0.2, 0.25) is 0 Å². The molecule has 5 heterocycles. The summed E-state index contributed by atoms with van der Waals surface area (Å²) in [4.78, 5) is 24.2. The minimum Gasteiger partial charge on any atom is -0.272 e. The number of amides is 1. The Morgan fingerprint density at radius 1 is 1.20 bits per heavy atom. The Morgan fingerprint density at radius 3 is 2.80 bits per heavy atom. The van der Waals surface area contributed by atoms with Gasteiger partial charge >= 0.3 is 0 Å². The van der Waals surface area contributed by atoms with E-state index in [1.54, 1.807) is 32.2 Å². The Bertz CT molecular complexity index is 1230. The highest BCUT2D eigenvalue weighted by Crippen LogP contribution is 2.36. The van der Waals surface area contributed by atoms with Crippen LogP contribution < -0.4 is 0 Å². The second-order valence-electron chi connectivity index (χ2n) is 6.93. The quantitative estimate of drug-likeness (QED) is 0.420. The summed E-state index contributed by atoms with van der Waals surface area (Å²) in [7, 11) is 0. The van der Waals surface area contributed by atoms with Gasteiger partial charge in [0.1, 0.15) is 0 Å². The Morgan fingerprint density at radius 2 is 2.03 bits per heavy atom. The summed E-state index contributed by atoms with van der Waals surface area (Å²) in [6.45, 7) is 3.89. The van der Waals surface area contributed by atoms with E-state index in [0.717, 1.165) is 33.3 Å². The highest BCUT2D eigenvalue weighted by molar-refractivity contribution is 7.99. The van der Waals surface area contributed by atoms with Crippen molar-refractivity contribution in [2.75, 3.05) is 5.75 Å². The molecule has 0 radical (unpaired) electrons. The molecule has 1 amide bonds. The van der Waals surface area contributed by atoms with Gasteiger partial charge in [0.05, 0.1) is 22.4 Å². The number of fused-ring (bicyclic) bond motifs is 1. The number of aryl methyl sites for hydroxylation is 2. The second-order valence-corrected chi connectivity index (χ2v) is 9.80. The van der Waals surface area contributed by atoms with E-state index in [2.05, 4.69) is 27.2 Å². The van der Waals surface area contributed by atoms with Crippen LogP contribution in [-0.4, -0.2) is 42.0 Å². The summed E-state index contributed by atoms with van der Waals surface area (Å²) in [5, 5.41) is 15.4. The first-order valence-electron chi connectivity index (χ1n) is 9.39. The molecule has 1 aliphatic heterocycles. The van der Waals surface area contributed by atoms with Crippen molar-refractivity contribution >= 4 is 51.8 Å². The Hall–Kier alpha value is -2.56. The first-order chi connectivity index (χ1) is 14.6. The first-order valence-corrected chi connectivity index (χ1v) is 12.1. The smallest absolute Gasteiger partial charge is 0.253 e. The van der Waals surface area contributed by atoms with Crippen molar-refractivity contribution in [2.24, 2.45) is 5.10 Å². The lowest BCUT2D eigenvalue weighted by Gasteiger charge is -2.20. The topological polar surface area (TPSA) is 75.8 Å². The second kappa shape index (κ2) is 7.93. The van der Waals surface area contributed by atoms with Crippen LogP contribution in [0.25, 0.3) is 5.78 Å². The van der Waals surface area contributed by atoms with Gasteiger partial charge in [-0.25, -0.2) is 14.5 Å². The number of carbonyl (C=O) groups is 1. The minimum absolute atomic E-state index is 0.0512. The molecule has 0 bridgehead atoms. The number of hydrogen-bond acceptors (Lipinski definition) is 8. The van der Waals surface area contributed by atoms with E-state index < -0.39 is 0 Å². The molecule has 0 saturated heterocycles. The third-order valence-electron chi connectivity index (χ3n) is 4.77. The van der Waals surface area contributed by atoms with Crippen molar-refractivity contribution in [3.05, 3.63) is 62.2 Å². The molecule has 1 aliphatic rings. The summed E-state index contributed by atoms with van der Waals surface area (Å²) in [6, 6.07) is 10.0. The van der Waals surface area contributed by atoms with Crippen molar-refractivity contribution < 1.29 is 4.79 Å². The van der Waals surface area contributed by atoms with Crippen LogP contribution in [0, 0.1) is 13.8 Å². The number of hydrogen-bond donors (Lipinski definition) is 0. The van der Waals surface area contributed by atoms with Gasteiger partial charge in [-0.05, 0) is 42.8 Å². The van der Waals surface area contributed by atoms with Gasteiger partial charge in [0.2, 0.25) is 5.16 Å². The summed E-state index contributed by atoms with van der Waals surface area (Å²) >= 11 is 4.62. The van der Waals surface area contributed by atoms with E-state index in [4.69, 9.17) is 5.10 Å². The normalized spacial score (nSPS) is 16.4. The first kappa shape index (κ1) is 19.4. The van der Waals surface area contributed by atoms with E-state index >= 15 is 0 Å². The fourth-order valence-corrected chi connectivity index (χ4v) is 5.64. The van der Waals surface area contributed by atoms with Crippen molar-refractivity contribution in [2.45, 2.75) is 31.5 Å². The Balaban J connectivity index is 1.36. The summed E-state index contributed by atoms with van der Waals surface area (Å²) in [6.07, 6.45) is 0.729. The lowest BCUT2D eigenvalue weighted by atomic mass is 10.1. The van der Waals surface area contributed by atoms with Gasteiger partial charge in [0, 0.05) is 22.7 Å². The molecule has 0 unspecified atom stereocenters. The third-order valence-corrected chi connectivity index (χ3v) is 7.48. The highest BCUT2D eigenvalue weighted by atomic mass is 32.2. The van der Waals surface area contributed by atoms with Gasteiger partial charge in [-0.2, -0.15) is 10.1 Å². The number of carbonyl (C=O) groups excluding carboxylic acids is 1. The lowest BCUT2D eigenvalue weighted by Crippen LogP contribution is -2.28. The van der Waals surface area contributed by atoms with Crippen LogP contribution in [0.3, 0.4) is 0 Å². The summed E-state index contributed by atoms with van der Waals surface area (Å²) < 4.78 is 1.71. The number of hydrazone groups is 1. The Labute approximate surface area is 185 Å². The number of thiophene rings is 2. The summed E-state index contributed by atoms with van der Waals surface area (Å²) in [5.41, 5.74) is 2.82. The number of nitrogens with zero attached hydrogens (tertiary/aromatic N) is 6. The molecule has 0 aliphatic carbocycles. The van der Waals surface area contributed by atoms with E-state index in [-0.39, 0.29) is 17.7 Å². The standard InChI is InChI=1S/C20H18N6OS3/c1-12-9-13(2)25-19(21-12)22-20(24-25)30-11-18(27)26-15(17-6-4-8-29-17)10-14(23-26)16-5-3-7-28-16/h3-9,15H,10-11H2,1-2H3/t15-/m1/s1. The SMILES string of the molecule is Cc1cc(C)n2nc(SCC(=O)N3N=C(c4cccs4)C[C@@H]3c3cccs3)nc2n1. The van der Waals surface area contributed by atoms with Gasteiger partial charge in [-0.15, -0.1) is 27.8 Å². The van der Waals surface area contributed by atoms with Crippen molar-refractivity contribution in [3.8, 4) is 0 Å². The number of thioether (sulfide) groups is 1. The maximum Gasteiger partial charge on any atom is 0.253 e. The molecule has 7 nitrogen and oxygen atoms in total. The van der Waals surface area contributed by atoms with Gasteiger partial charge in [0.15, 0.2) is 0 Å². The molecule has 4 aromatic rings. The monoisotopic (exact) mass is 454 g/mol. The maximum absolute atomic E-state index is 13.1. The largest absolute Gasteiger partial charge is 0.272 e. The molecule has 0 fully saturated rings. The average Bonchev–Trinajstić information content (AvgIpc) is 3.51. The van der Waals surface area contributed by atoms with Gasteiger partial charge in [-0.1, -0.05) is 23.9 Å². The highest BCUT2D eigenvalue weighted by Gasteiger charge is 2.34. The number of aromatic nitrogens is 4. The van der Waals surface area contributed by atoms with Crippen LogP contribution in [-0.2, 0) is 4.79 Å². The van der Waals surface area contributed by atoms with Gasteiger partial charge in [0.25, 0.3) is 11.7 Å². The molecule has 0 spiro atoms. The van der Waals surface area contributed by atoms with E-state index in [1.165, 1.54) is 11.8 Å². The molecule has 0 N–H and O–H groups in total. The van der Waals surface area contributed by atoms with Crippen LogP contribution in [0.5, 0.6) is 0 Å². The predicted octanol–water partition coefficient (Wildman–Crippen LogP) is 4.33. The van der Waals surface area contributed by atoms with Crippen molar-refractivity contribution in [1.82, 2.24) is 24.6 Å². The van der Waals surface area contributed by atoms with Crippen LogP contribution >= 0.6 is 34.4 Å². The van der Waals surface area contributed by atoms with Gasteiger partial charge in [-0.3, -0.25) is 4.79 Å². The molecule has 0 saturated carbocycles. The third kappa shape index (κ3) is 3.66. The van der Waals surface area contributed by atoms with Crippen molar-refractivity contribution in [1.29, 1.82) is 0 Å². The zero-order chi connectivity index (χ0) is 20.7.